The smallest absolute Gasteiger partial charge is 0.352 e. The Bertz CT molecular complexity index is 916. The molecule has 0 aliphatic heterocycles. The average molecular weight is 413 g/mol. The van der Waals surface area contributed by atoms with Crippen LogP contribution in [0.25, 0.3) is 0 Å². The fraction of sp³-hybridized carbons (Fsp3) is 0.250. The number of benzene rings is 2. The lowest BCUT2D eigenvalue weighted by molar-refractivity contribution is -0.135. The fourth-order valence-electron chi connectivity index (χ4n) is 2.46. The zero-order valence-electron chi connectivity index (χ0n) is 15.3. The summed E-state index contributed by atoms with van der Waals surface area (Å²) in [5, 5.41) is 0. The first-order chi connectivity index (χ1) is 13.8. The minimum atomic E-state index is -2.38. The average Bonchev–Trinajstić information content (AvgIpc) is 2.71. The van der Waals surface area contributed by atoms with Crippen LogP contribution in [0, 0.1) is 29.1 Å². The molecule has 0 fully saturated rings. The summed E-state index contributed by atoms with van der Waals surface area (Å²) in [6.07, 6.45) is -0.591. The van der Waals surface area contributed by atoms with Crippen molar-refractivity contribution in [2.75, 3.05) is 13.2 Å². The zero-order valence-corrected chi connectivity index (χ0v) is 15.3. The van der Waals surface area contributed by atoms with Crippen LogP contribution in [0.3, 0.4) is 0 Å². The standard InChI is InChI=1S/C20H16F5NO3/c1-2-29-20(28)12(26-9-8-11-6-4-3-5-7-11)10-13(27)14-15(21)17(23)19(25)18(24)16(14)22/h3-7H,2,8-10H2,1H3. The van der Waals surface area contributed by atoms with Gasteiger partial charge in [0.05, 0.1) is 18.6 Å². The molecule has 0 radical (unpaired) electrons. The van der Waals surface area contributed by atoms with Crippen molar-refractivity contribution in [2.24, 2.45) is 4.99 Å². The minimum absolute atomic E-state index is 0.0442. The van der Waals surface area contributed by atoms with Crippen molar-refractivity contribution in [3.05, 3.63) is 70.5 Å². The van der Waals surface area contributed by atoms with Crippen LogP contribution in [0.5, 0.6) is 0 Å². The summed E-state index contributed by atoms with van der Waals surface area (Å²) in [4.78, 5) is 28.2. The summed E-state index contributed by atoms with van der Waals surface area (Å²) in [6.45, 7) is 1.47. The number of esters is 1. The maximum Gasteiger partial charge on any atom is 0.352 e. The van der Waals surface area contributed by atoms with Gasteiger partial charge in [0.2, 0.25) is 5.82 Å². The molecule has 2 aromatic rings. The van der Waals surface area contributed by atoms with Crippen molar-refractivity contribution in [2.45, 2.75) is 19.8 Å². The third-order valence-electron chi connectivity index (χ3n) is 3.87. The molecule has 0 N–H and O–H groups in total. The van der Waals surface area contributed by atoms with E-state index in [1.807, 2.05) is 0 Å². The number of carbonyl (C=O) groups excluding carboxylic acids is 2. The molecule has 0 unspecified atom stereocenters. The number of rotatable bonds is 8. The first-order valence-electron chi connectivity index (χ1n) is 8.56. The molecule has 0 spiro atoms. The maximum absolute atomic E-state index is 13.8. The Morgan fingerprint density at radius 1 is 0.897 bits per heavy atom. The number of nitrogens with zero attached hydrogens (tertiary/aromatic N) is 1. The summed E-state index contributed by atoms with van der Waals surface area (Å²) < 4.78 is 72.2. The van der Waals surface area contributed by atoms with Gasteiger partial charge in [-0.1, -0.05) is 30.3 Å². The van der Waals surface area contributed by atoms with Crippen LogP contribution in [0.1, 0.15) is 29.3 Å². The molecule has 0 saturated heterocycles. The molecule has 0 aromatic heterocycles. The van der Waals surface area contributed by atoms with Crippen LogP contribution < -0.4 is 0 Å². The van der Waals surface area contributed by atoms with Gasteiger partial charge in [0.1, 0.15) is 5.71 Å². The Kier molecular flexibility index (Phi) is 7.58. The van der Waals surface area contributed by atoms with Crippen molar-refractivity contribution in [3.8, 4) is 0 Å². The van der Waals surface area contributed by atoms with Gasteiger partial charge >= 0.3 is 5.97 Å². The van der Waals surface area contributed by atoms with Gasteiger partial charge in [0.15, 0.2) is 29.1 Å². The number of halogens is 5. The molecule has 0 atom stereocenters. The Hall–Kier alpha value is -3.10. The second kappa shape index (κ2) is 9.90. The number of ketones is 1. The van der Waals surface area contributed by atoms with Crippen LogP contribution in [-0.2, 0) is 16.0 Å². The number of aliphatic imine (C=N–C) groups is 1. The second-order valence-electron chi connectivity index (χ2n) is 5.83. The molecular formula is C20H16F5NO3. The molecule has 29 heavy (non-hydrogen) atoms. The van der Waals surface area contributed by atoms with Crippen molar-refractivity contribution in [1.29, 1.82) is 0 Å². The molecule has 0 aliphatic rings. The summed E-state index contributed by atoms with van der Waals surface area (Å²) in [5.41, 5.74) is -1.22. The van der Waals surface area contributed by atoms with E-state index >= 15 is 0 Å². The molecule has 2 aromatic carbocycles. The first kappa shape index (κ1) is 22.2. The Morgan fingerprint density at radius 3 is 2.00 bits per heavy atom. The van der Waals surface area contributed by atoms with Gasteiger partial charge in [0, 0.05) is 6.54 Å². The first-order valence-corrected chi connectivity index (χ1v) is 8.56. The number of ether oxygens (including phenoxy) is 1. The van der Waals surface area contributed by atoms with E-state index in [0.29, 0.717) is 6.42 Å². The highest BCUT2D eigenvalue weighted by atomic mass is 19.2. The second-order valence-corrected chi connectivity index (χ2v) is 5.83. The van der Waals surface area contributed by atoms with E-state index in [9.17, 15) is 31.5 Å². The maximum atomic E-state index is 13.8. The van der Waals surface area contributed by atoms with Crippen molar-refractivity contribution in [3.63, 3.8) is 0 Å². The topological polar surface area (TPSA) is 55.7 Å². The Labute approximate surface area is 163 Å². The number of Topliss-reactive ketones (excluding diaryl/α,β-unsaturated/α-hetero) is 1. The third kappa shape index (κ3) is 5.24. The number of hydrogen-bond donors (Lipinski definition) is 0. The summed E-state index contributed by atoms with van der Waals surface area (Å²) >= 11 is 0. The van der Waals surface area contributed by atoms with Gasteiger partial charge in [-0.05, 0) is 18.9 Å². The molecule has 0 aliphatic carbocycles. The summed E-state index contributed by atoms with van der Waals surface area (Å²) in [6, 6.07) is 8.99. The molecule has 154 valence electrons. The largest absolute Gasteiger partial charge is 0.462 e. The zero-order chi connectivity index (χ0) is 21.6. The van der Waals surface area contributed by atoms with Gasteiger partial charge in [-0.2, -0.15) is 0 Å². The van der Waals surface area contributed by atoms with Crippen LogP contribution in [0.2, 0.25) is 0 Å². The van der Waals surface area contributed by atoms with Gasteiger partial charge in [-0.3, -0.25) is 9.79 Å². The van der Waals surface area contributed by atoms with E-state index in [0.717, 1.165) is 5.56 Å². The minimum Gasteiger partial charge on any atom is -0.462 e. The monoisotopic (exact) mass is 413 g/mol. The summed E-state index contributed by atoms with van der Waals surface area (Å²) in [7, 11) is 0. The molecule has 0 saturated carbocycles. The fourth-order valence-corrected chi connectivity index (χ4v) is 2.46. The van der Waals surface area contributed by atoms with Gasteiger partial charge in [-0.25, -0.2) is 26.7 Å². The van der Waals surface area contributed by atoms with E-state index in [4.69, 9.17) is 4.74 Å². The van der Waals surface area contributed by atoms with E-state index in [-0.39, 0.29) is 13.2 Å². The molecule has 2 rings (SSSR count). The molecule has 4 nitrogen and oxygen atoms in total. The van der Waals surface area contributed by atoms with E-state index in [1.165, 1.54) is 6.92 Å². The Morgan fingerprint density at radius 2 is 1.45 bits per heavy atom. The van der Waals surface area contributed by atoms with E-state index in [1.54, 1.807) is 30.3 Å². The van der Waals surface area contributed by atoms with Crippen LogP contribution >= 0.6 is 0 Å². The highest BCUT2D eigenvalue weighted by Gasteiger charge is 2.31. The molecule has 0 amide bonds. The number of carbonyl (C=O) groups is 2. The predicted octanol–water partition coefficient (Wildman–Crippen LogP) is 4.20. The molecule has 0 heterocycles. The van der Waals surface area contributed by atoms with Crippen LogP contribution in [-0.4, -0.2) is 30.6 Å². The highest BCUT2D eigenvalue weighted by Crippen LogP contribution is 2.24. The lowest BCUT2D eigenvalue weighted by Crippen LogP contribution is -2.23. The lowest BCUT2D eigenvalue weighted by Gasteiger charge is -2.09. The highest BCUT2D eigenvalue weighted by molar-refractivity contribution is 6.40. The SMILES string of the molecule is CCOC(=O)C(CC(=O)c1c(F)c(F)c(F)c(F)c1F)=NCCc1ccccc1. The predicted molar refractivity (Wildman–Crippen MR) is 94.3 cm³/mol. The lowest BCUT2D eigenvalue weighted by atomic mass is 10.0. The normalized spacial score (nSPS) is 11.4. The van der Waals surface area contributed by atoms with Crippen molar-refractivity contribution < 1.29 is 36.3 Å². The molecular weight excluding hydrogens is 397 g/mol. The third-order valence-corrected chi connectivity index (χ3v) is 3.87. The molecule has 9 heteroatoms. The van der Waals surface area contributed by atoms with E-state index < -0.39 is 58.5 Å². The van der Waals surface area contributed by atoms with Crippen LogP contribution in [0.15, 0.2) is 35.3 Å². The van der Waals surface area contributed by atoms with Crippen molar-refractivity contribution >= 4 is 17.5 Å². The van der Waals surface area contributed by atoms with E-state index in [2.05, 4.69) is 4.99 Å². The van der Waals surface area contributed by atoms with Gasteiger partial charge < -0.3 is 4.74 Å². The van der Waals surface area contributed by atoms with Crippen LogP contribution in [0.4, 0.5) is 22.0 Å². The van der Waals surface area contributed by atoms with Crippen molar-refractivity contribution in [1.82, 2.24) is 0 Å². The summed E-state index contributed by atoms with van der Waals surface area (Å²) in [5.74, 6) is -13.9. The van der Waals surface area contributed by atoms with Gasteiger partial charge in [-0.15, -0.1) is 0 Å². The molecule has 0 bridgehead atoms. The van der Waals surface area contributed by atoms with Gasteiger partial charge in [0.25, 0.3) is 0 Å². The Balaban J connectivity index is 2.28. The number of hydrogen-bond acceptors (Lipinski definition) is 4. The quantitative estimate of drug-likeness (QED) is 0.163.